The SMILES string of the molecule is COCCNC(=O)C1(Nc2ccccc2)CCN(Cc2sccc2C)CC1.O=CO. The highest BCUT2D eigenvalue weighted by atomic mass is 32.1. The van der Waals surface area contributed by atoms with Crippen LogP contribution in [0.25, 0.3) is 0 Å². The predicted octanol–water partition coefficient (Wildman–Crippen LogP) is 2.97. The summed E-state index contributed by atoms with van der Waals surface area (Å²) in [5.41, 5.74) is 1.77. The van der Waals surface area contributed by atoms with Crippen molar-refractivity contribution in [3.05, 3.63) is 52.2 Å². The van der Waals surface area contributed by atoms with E-state index in [9.17, 15) is 4.79 Å². The van der Waals surface area contributed by atoms with Crippen molar-refractivity contribution in [3.8, 4) is 0 Å². The first-order chi connectivity index (χ1) is 14.5. The molecule has 2 heterocycles. The topological polar surface area (TPSA) is 90.9 Å². The Kier molecular flexibility index (Phi) is 9.79. The zero-order valence-corrected chi connectivity index (χ0v) is 18.4. The summed E-state index contributed by atoms with van der Waals surface area (Å²) < 4.78 is 5.08. The van der Waals surface area contributed by atoms with E-state index < -0.39 is 5.54 Å². The number of thiophene rings is 1. The number of para-hydroxylation sites is 1. The number of carbonyl (C=O) groups excluding carboxylic acids is 1. The summed E-state index contributed by atoms with van der Waals surface area (Å²) in [6.07, 6.45) is 1.57. The van der Waals surface area contributed by atoms with E-state index in [1.807, 2.05) is 41.7 Å². The van der Waals surface area contributed by atoms with Gasteiger partial charge in [-0.15, -0.1) is 11.3 Å². The Hall–Kier alpha value is -2.42. The zero-order chi connectivity index (χ0) is 21.8. The third kappa shape index (κ3) is 6.83. The zero-order valence-electron chi connectivity index (χ0n) is 17.6. The highest BCUT2D eigenvalue weighted by molar-refractivity contribution is 7.10. The Bertz CT molecular complexity index is 774. The third-order valence-electron chi connectivity index (χ3n) is 5.23. The molecule has 0 aliphatic carbocycles. The number of benzene rings is 1. The number of hydrogen-bond acceptors (Lipinski definition) is 6. The molecule has 3 N–H and O–H groups in total. The lowest BCUT2D eigenvalue weighted by molar-refractivity contribution is -0.127. The number of aryl methyl sites for hydroxylation is 1. The van der Waals surface area contributed by atoms with E-state index >= 15 is 0 Å². The maximum atomic E-state index is 13.0. The number of nitrogens with one attached hydrogen (secondary N) is 2. The van der Waals surface area contributed by atoms with Gasteiger partial charge < -0.3 is 20.5 Å². The molecule has 0 atom stereocenters. The summed E-state index contributed by atoms with van der Waals surface area (Å²) in [7, 11) is 1.65. The van der Waals surface area contributed by atoms with Crippen molar-refractivity contribution in [2.24, 2.45) is 0 Å². The molecule has 164 valence electrons. The lowest BCUT2D eigenvalue weighted by atomic mass is 9.85. The molecule has 7 nitrogen and oxygen atoms in total. The summed E-state index contributed by atoms with van der Waals surface area (Å²) in [6.45, 7) is 5.74. The van der Waals surface area contributed by atoms with Crippen LogP contribution in [0, 0.1) is 6.92 Å². The van der Waals surface area contributed by atoms with Crippen LogP contribution in [0.2, 0.25) is 0 Å². The van der Waals surface area contributed by atoms with Gasteiger partial charge >= 0.3 is 0 Å². The molecule has 1 aliphatic heterocycles. The van der Waals surface area contributed by atoms with Gasteiger partial charge in [-0.25, -0.2) is 0 Å². The van der Waals surface area contributed by atoms with Gasteiger partial charge in [-0.05, 0) is 48.9 Å². The minimum Gasteiger partial charge on any atom is -0.483 e. The highest BCUT2D eigenvalue weighted by Crippen LogP contribution is 2.29. The van der Waals surface area contributed by atoms with Gasteiger partial charge in [-0.2, -0.15) is 0 Å². The molecule has 1 fully saturated rings. The van der Waals surface area contributed by atoms with Gasteiger partial charge in [-0.3, -0.25) is 14.5 Å². The first-order valence-electron chi connectivity index (χ1n) is 9.98. The molecule has 0 unspecified atom stereocenters. The first-order valence-corrected chi connectivity index (χ1v) is 10.9. The van der Waals surface area contributed by atoms with Crippen LogP contribution in [0.4, 0.5) is 5.69 Å². The van der Waals surface area contributed by atoms with Crippen molar-refractivity contribution < 1.29 is 19.4 Å². The average molecular weight is 434 g/mol. The molecular formula is C22H31N3O4S. The molecule has 1 saturated heterocycles. The van der Waals surface area contributed by atoms with Crippen molar-refractivity contribution in [1.29, 1.82) is 0 Å². The van der Waals surface area contributed by atoms with Gasteiger partial charge in [-0.1, -0.05) is 18.2 Å². The second-order valence-electron chi connectivity index (χ2n) is 7.23. The third-order valence-corrected chi connectivity index (χ3v) is 6.24. The number of hydrogen-bond donors (Lipinski definition) is 3. The smallest absolute Gasteiger partial charge is 0.290 e. The molecule has 2 aromatic rings. The van der Waals surface area contributed by atoms with Crippen LogP contribution in [-0.2, 0) is 20.9 Å². The Balaban J connectivity index is 0.00000101. The fourth-order valence-corrected chi connectivity index (χ4v) is 4.45. The summed E-state index contributed by atoms with van der Waals surface area (Å²) in [4.78, 5) is 25.3. The number of ether oxygens (including phenoxy) is 1. The number of carbonyl (C=O) groups is 2. The molecule has 0 radical (unpaired) electrons. The minimum atomic E-state index is -0.573. The fourth-order valence-electron chi connectivity index (χ4n) is 3.50. The van der Waals surface area contributed by atoms with Crippen molar-refractivity contribution in [3.63, 3.8) is 0 Å². The highest BCUT2D eigenvalue weighted by Gasteiger charge is 2.41. The van der Waals surface area contributed by atoms with Gasteiger partial charge in [0.05, 0.1) is 6.61 Å². The predicted molar refractivity (Wildman–Crippen MR) is 120 cm³/mol. The van der Waals surface area contributed by atoms with E-state index in [-0.39, 0.29) is 12.4 Å². The maximum Gasteiger partial charge on any atom is 0.290 e. The van der Waals surface area contributed by atoms with Crippen LogP contribution in [0.1, 0.15) is 23.3 Å². The van der Waals surface area contributed by atoms with E-state index in [1.54, 1.807) is 7.11 Å². The second kappa shape index (κ2) is 12.3. The number of amides is 1. The van der Waals surface area contributed by atoms with E-state index in [4.69, 9.17) is 14.6 Å². The van der Waals surface area contributed by atoms with Gasteiger partial charge in [0, 0.05) is 43.9 Å². The number of methoxy groups -OCH3 is 1. The standard InChI is InChI=1S/C21H29N3O2S.CH2O2/c1-17-8-15-27-19(17)16-24-12-9-21(10-13-24,20(25)22-11-14-26-2)23-18-6-4-3-5-7-18;2-1-3/h3-8,15,23H,9-14,16H2,1-2H3,(H,22,25);1H,(H,2,3). The van der Waals surface area contributed by atoms with Gasteiger partial charge in [0.25, 0.3) is 6.47 Å². The van der Waals surface area contributed by atoms with E-state index in [0.717, 1.165) is 38.2 Å². The lowest BCUT2D eigenvalue weighted by Crippen LogP contribution is -2.58. The van der Waals surface area contributed by atoms with E-state index in [2.05, 4.69) is 33.9 Å². The molecular weight excluding hydrogens is 402 g/mol. The summed E-state index contributed by atoms with van der Waals surface area (Å²) in [5.74, 6) is 0.0651. The molecule has 8 heteroatoms. The Labute approximate surface area is 182 Å². The Morgan fingerprint density at radius 3 is 2.50 bits per heavy atom. The van der Waals surface area contributed by atoms with Gasteiger partial charge in [0.1, 0.15) is 5.54 Å². The van der Waals surface area contributed by atoms with Gasteiger partial charge in [0.15, 0.2) is 0 Å². The van der Waals surface area contributed by atoms with Gasteiger partial charge in [0.2, 0.25) is 5.91 Å². The second-order valence-corrected chi connectivity index (χ2v) is 8.23. The number of piperidine rings is 1. The van der Waals surface area contributed by atoms with Crippen LogP contribution in [0.15, 0.2) is 41.8 Å². The van der Waals surface area contributed by atoms with Crippen molar-refractivity contribution in [2.75, 3.05) is 38.7 Å². The molecule has 30 heavy (non-hydrogen) atoms. The first kappa shape index (κ1) is 23.9. The van der Waals surface area contributed by atoms with Crippen molar-refractivity contribution in [2.45, 2.75) is 31.8 Å². The molecule has 0 saturated carbocycles. The maximum absolute atomic E-state index is 13.0. The summed E-state index contributed by atoms with van der Waals surface area (Å²) >= 11 is 1.82. The van der Waals surface area contributed by atoms with Crippen LogP contribution < -0.4 is 10.6 Å². The average Bonchev–Trinajstić information content (AvgIpc) is 3.15. The number of nitrogens with zero attached hydrogens (tertiary/aromatic N) is 1. The minimum absolute atomic E-state index is 0.0651. The van der Waals surface area contributed by atoms with Crippen molar-refractivity contribution in [1.82, 2.24) is 10.2 Å². The van der Waals surface area contributed by atoms with Crippen LogP contribution in [-0.4, -0.2) is 61.3 Å². The number of likely N-dealkylation sites (tertiary alicyclic amines) is 1. The largest absolute Gasteiger partial charge is 0.483 e. The fraction of sp³-hybridized carbons (Fsp3) is 0.455. The molecule has 0 bridgehead atoms. The molecule has 1 aliphatic rings. The normalized spacial score (nSPS) is 15.5. The van der Waals surface area contributed by atoms with Crippen LogP contribution in [0.3, 0.4) is 0 Å². The van der Waals surface area contributed by atoms with Crippen LogP contribution in [0.5, 0.6) is 0 Å². The molecule has 1 aromatic heterocycles. The molecule has 1 aromatic carbocycles. The Morgan fingerprint density at radius 2 is 1.93 bits per heavy atom. The molecule has 0 spiro atoms. The number of carboxylic acid groups (broad SMARTS) is 1. The van der Waals surface area contributed by atoms with E-state index in [1.165, 1.54) is 10.4 Å². The molecule has 3 rings (SSSR count). The summed E-state index contributed by atoms with van der Waals surface area (Å²) in [6, 6.07) is 12.2. The number of rotatable bonds is 8. The number of anilines is 1. The van der Waals surface area contributed by atoms with Crippen LogP contribution >= 0.6 is 11.3 Å². The molecule has 1 amide bonds. The van der Waals surface area contributed by atoms with Crippen molar-refractivity contribution >= 4 is 29.4 Å². The summed E-state index contributed by atoms with van der Waals surface area (Å²) in [5, 5.41) is 15.6. The monoisotopic (exact) mass is 433 g/mol. The quantitative estimate of drug-likeness (QED) is 0.438. The van der Waals surface area contributed by atoms with E-state index in [0.29, 0.717) is 13.2 Å². The Morgan fingerprint density at radius 1 is 1.27 bits per heavy atom. The lowest BCUT2D eigenvalue weighted by Gasteiger charge is -2.41.